The van der Waals surface area contributed by atoms with Crippen LogP contribution in [-0.4, -0.2) is 15.4 Å². The second-order valence-corrected chi connectivity index (χ2v) is 9.26. The van der Waals surface area contributed by atoms with E-state index in [4.69, 9.17) is 4.52 Å². The summed E-state index contributed by atoms with van der Waals surface area (Å²) in [6.07, 6.45) is 18.2. The van der Waals surface area contributed by atoms with Gasteiger partial charge < -0.3 is 9.79 Å². The number of unbranched alkanes of at least 4 members (excludes halogenated alkanes) is 6. The van der Waals surface area contributed by atoms with Gasteiger partial charge in [-0.2, -0.15) is 0 Å². The van der Waals surface area contributed by atoms with Crippen molar-refractivity contribution in [1.82, 2.24) is 0 Å². The molecule has 0 spiro atoms. The average molecular weight is 377 g/mol. The molecule has 0 aromatic heterocycles. The lowest BCUT2D eigenvalue weighted by Gasteiger charge is -2.39. The summed E-state index contributed by atoms with van der Waals surface area (Å²) in [5.41, 5.74) is -0.585. The molecule has 0 aromatic rings. The Kier molecular flexibility index (Phi) is 11.6. The van der Waals surface area contributed by atoms with Gasteiger partial charge in [0.15, 0.2) is 0 Å². The Morgan fingerprint density at radius 2 is 1.44 bits per heavy atom. The van der Waals surface area contributed by atoms with E-state index < -0.39 is 13.4 Å². The lowest BCUT2D eigenvalue weighted by atomic mass is 9.76. The number of hydrogen-bond donors (Lipinski definition) is 2. The molecule has 0 aliphatic heterocycles. The van der Waals surface area contributed by atoms with Crippen molar-refractivity contribution >= 4 is 7.82 Å². The third-order valence-corrected chi connectivity index (χ3v) is 6.30. The quantitative estimate of drug-likeness (QED) is 0.260. The van der Waals surface area contributed by atoms with Crippen molar-refractivity contribution in [3.63, 3.8) is 0 Å². The molecule has 0 heterocycles. The van der Waals surface area contributed by atoms with E-state index in [0.29, 0.717) is 5.92 Å². The van der Waals surface area contributed by atoms with Crippen LogP contribution in [0.25, 0.3) is 0 Å². The highest BCUT2D eigenvalue weighted by Gasteiger charge is 2.40. The Bertz CT molecular complexity index is 374. The van der Waals surface area contributed by atoms with Gasteiger partial charge >= 0.3 is 7.82 Å². The smallest absolute Gasteiger partial charge is 0.303 e. The second-order valence-electron chi connectivity index (χ2n) is 8.09. The van der Waals surface area contributed by atoms with Gasteiger partial charge in [0.2, 0.25) is 0 Å². The Balaban J connectivity index is 2.57. The zero-order valence-electron chi connectivity index (χ0n) is 16.5. The normalized spacial score (nSPS) is 19.0. The maximum absolute atomic E-state index is 11.5. The summed E-state index contributed by atoms with van der Waals surface area (Å²) in [5, 5.41) is 0. The molecule has 0 bridgehead atoms. The summed E-state index contributed by atoms with van der Waals surface area (Å²) in [7, 11) is -4.43. The maximum Gasteiger partial charge on any atom is 0.470 e. The van der Waals surface area contributed by atoms with Crippen LogP contribution in [0, 0.1) is 5.92 Å². The van der Waals surface area contributed by atoms with E-state index in [-0.39, 0.29) is 0 Å². The Morgan fingerprint density at radius 3 is 2.04 bits per heavy atom. The molecule has 1 aliphatic carbocycles. The van der Waals surface area contributed by atoms with Gasteiger partial charge in [0.25, 0.3) is 0 Å². The first-order valence-corrected chi connectivity index (χ1v) is 12.2. The molecule has 1 aliphatic rings. The van der Waals surface area contributed by atoms with E-state index in [1.54, 1.807) is 0 Å². The summed E-state index contributed by atoms with van der Waals surface area (Å²) in [6.45, 7) is 4.45. The van der Waals surface area contributed by atoms with Crippen molar-refractivity contribution in [2.45, 2.75) is 122 Å². The zero-order chi connectivity index (χ0) is 18.6. The fourth-order valence-corrected chi connectivity index (χ4v) is 5.12. The average Bonchev–Trinajstić information content (AvgIpc) is 2.54. The third-order valence-electron chi connectivity index (χ3n) is 5.67. The van der Waals surface area contributed by atoms with E-state index in [9.17, 15) is 14.4 Å². The van der Waals surface area contributed by atoms with Crippen molar-refractivity contribution in [3.8, 4) is 0 Å². The lowest BCUT2D eigenvalue weighted by Crippen LogP contribution is -2.36. The van der Waals surface area contributed by atoms with Crippen LogP contribution in [0.3, 0.4) is 0 Å². The molecular formula is C20H41O4P. The second kappa shape index (κ2) is 12.5. The van der Waals surface area contributed by atoms with Crippen molar-refractivity contribution in [2.75, 3.05) is 0 Å². The summed E-state index contributed by atoms with van der Waals surface area (Å²) in [4.78, 5) is 18.8. The summed E-state index contributed by atoms with van der Waals surface area (Å²) in [5.74, 6) is 0.538. The molecule has 25 heavy (non-hydrogen) atoms. The van der Waals surface area contributed by atoms with E-state index in [2.05, 4.69) is 13.8 Å². The highest BCUT2D eigenvalue weighted by Crippen LogP contribution is 2.50. The number of rotatable bonds is 14. The van der Waals surface area contributed by atoms with Gasteiger partial charge in [0, 0.05) is 0 Å². The summed E-state index contributed by atoms with van der Waals surface area (Å²) in [6, 6.07) is 0. The molecule has 4 nitrogen and oxygen atoms in total. The molecule has 1 fully saturated rings. The third kappa shape index (κ3) is 10.8. The van der Waals surface area contributed by atoms with Crippen molar-refractivity contribution < 1.29 is 18.9 Å². The summed E-state index contributed by atoms with van der Waals surface area (Å²) < 4.78 is 16.9. The highest BCUT2D eigenvalue weighted by atomic mass is 31.2. The molecule has 0 radical (unpaired) electrons. The maximum atomic E-state index is 11.5. The van der Waals surface area contributed by atoms with Gasteiger partial charge in [0.1, 0.15) is 0 Å². The van der Waals surface area contributed by atoms with Crippen LogP contribution in [0.1, 0.15) is 117 Å². The largest absolute Gasteiger partial charge is 0.470 e. The van der Waals surface area contributed by atoms with Crippen molar-refractivity contribution in [2.24, 2.45) is 5.92 Å². The van der Waals surface area contributed by atoms with E-state index >= 15 is 0 Å². The minimum atomic E-state index is -4.43. The van der Waals surface area contributed by atoms with Gasteiger partial charge in [0.05, 0.1) is 5.60 Å². The first kappa shape index (κ1) is 23.1. The predicted molar refractivity (Wildman–Crippen MR) is 105 cm³/mol. The molecule has 1 rings (SSSR count). The van der Waals surface area contributed by atoms with Crippen molar-refractivity contribution in [3.05, 3.63) is 0 Å². The zero-order valence-corrected chi connectivity index (χ0v) is 17.4. The molecule has 0 amide bonds. The van der Waals surface area contributed by atoms with Crippen LogP contribution in [0.4, 0.5) is 0 Å². The standard InChI is InChI=1S/C20H41O4P/c1-3-5-7-8-9-11-15-19(14-6-4-2)18-20(24-25(21,22)23)16-12-10-13-17-20/h19H,3-18H2,1-2H3,(H2,21,22,23). The van der Waals surface area contributed by atoms with Crippen LogP contribution >= 0.6 is 7.82 Å². The fourth-order valence-electron chi connectivity index (χ4n) is 4.36. The number of phosphoric ester groups is 1. The Hall–Kier alpha value is 0.110. The fraction of sp³-hybridized carbons (Fsp3) is 1.00. The van der Waals surface area contributed by atoms with Crippen LogP contribution in [-0.2, 0) is 9.09 Å². The number of hydrogen-bond acceptors (Lipinski definition) is 2. The topological polar surface area (TPSA) is 66.8 Å². The van der Waals surface area contributed by atoms with E-state index in [1.165, 1.54) is 57.8 Å². The first-order valence-electron chi connectivity index (χ1n) is 10.7. The molecule has 0 saturated heterocycles. The van der Waals surface area contributed by atoms with Crippen LogP contribution < -0.4 is 0 Å². The minimum Gasteiger partial charge on any atom is -0.303 e. The van der Waals surface area contributed by atoms with Crippen LogP contribution in [0.5, 0.6) is 0 Å². The van der Waals surface area contributed by atoms with Gasteiger partial charge in [-0.05, 0) is 25.2 Å². The molecule has 2 N–H and O–H groups in total. The van der Waals surface area contributed by atoms with Gasteiger partial charge in [-0.3, -0.25) is 4.52 Å². The molecule has 150 valence electrons. The molecular weight excluding hydrogens is 335 g/mol. The molecule has 5 heteroatoms. The van der Waals surface area contributed by atoms with E-state index in [0.717, 1.165) is 44.9 Å². The van der Waals surface area contributed by atoms with Gasteiger partial charge in [-0.25, -0.2) is 4.57 Å². The molecule has 1 saturated carbocycles. The minimum absolute atomic E-state index is 0.538. The lowest BCUT2D eigenvalue weighted by molar-refractivity contribution is -0.0185. The van der Waals surface area contributed by atoms with Gasteiger partial charge in [-0.15, -0.1) is 0 Å². The van der Waals surface area contributed by atoms with E-state index in [1.807, 2.05) is 0 Å². The van der Waals surface area contributed by atoms with Crippen molar-refractivity contribution in [1.29, 1.82) is 0 Å². The SMILES string of the molecule is CCCCCCCCC(CCCC)CC1(OP(=O)(O)O)CCCCC1. The number of phosphoric acid groups is 1. The predicted octanol–water partition coefficient (Wildman–Crippen LogP) is 6.75. The monoisotopic (exact) mass is 376 g/mol. The Morgan fingerprint density at radius 1 is 0.880 bits per heavy atom. The molecule has 1 atom stereocenters. The first-order chi connectivity index (χ1) is 11.9. The van der Waals surface area contributed by atoms with Gasteiger partial charge in [-0.1, -0.05) is 97.3 Å². The molecule has 0 aromatic carbocycles. The van der Waals surface area contributed by atoms with Crippen LogP contribution in [0.15, 0.2) is 0 Å². The highest BCUT2D eigenvalue weighted by molar-refractivity contribution is 7.46. The van der Waals surface area contributed by atoms with Crippen LogP contribution in [0.2, 0.25) is 0 Å². The Labute approximate surface area is 155 Å². The summed E-state index contributed by atoms with van der Waals surface area (Å²) >= 11 is 0. The molecule has 1 unspecified atom stereocenters.